The fraction of sp³-hybridized carbons (Fsp3) is 0.688. The molecule has 0 saturated carbocycles. The fourth-order valence-electron chi connectivity index (χ4n) is 1.62. The van der Waals surface area contributed by atoms with E-state index in [1.807, 2.05) is 27.7 Å². The summed E-state index contributed by atoms with van der Waals surface area (Å²) in [4.78, 5) is 35.2. The molecule has 21 heavy (non-hydrogen) atoms. The monoisotopic (exact) mass is 378 g/mol. The Bertz CT molecular complexity index is 449. The molecule has 0 aliphatic rings. The van der Waals surface area contributed by atoms with E-state index < -0.39 is 21.5 Å². The molecule has 0 aromatic heterocycles. The highest BCUT2D eigenvalue weighted by atomic mass is 79.9. The van der Waals surface area contributed by atoms with Crippen molar-refractivity contribution in [3.05, 3.63) is 11.6 Å². The lowest BCUT2D eigenvalue weighted by Gasteiger charge is -2.22. The molecule has 0 fully saturated rings. The summed E-state index contributed by atoms with van der Waals surface area (Å²) in [6.07, 6.45) is 1.96. The fourth-order valence-corrected chi connectivity index (χ4v) is 3.00. The van der Waals surface area contributed by atoms with Gasteiger partial charge in [0, 0.05) is 11.3 Å². The van der Waals surface area contributed by atoms with Crippen LogP contribution < -0.4 is 0 Å². The van der Waals surface area contributed by atoms with E-state index >= 15 is 0 Å². The van der Waals surface area contributed by atoms with E-state index in [2.05, 4.69) is 15.9 Å². The number of carbonyl (C=O) groups excluding carboxylic acids is 3. The molecule has 3 nitrogen and oxygen atoms in total. The zero-order chi connectivity index (χ0) is 17.0. The molecule has 120 valence electrons. The Hall–Kier alpha value is -0.480. The van der Waals surface area contributed by atoms with Crippen LogP contribution in [0.15, 0.2) is 11.6 Å². The summed E-state index contributed by atoms with van der Waals surface area (Å²) in [5, 5.41) is -0.895. The second-order valence-electron chi connectivity index (χ2n) is 6.25. The van der Waals surface area contributed by atoms with Gasteiger partial charge in [-0.15, -0.1) is 11.6 Å². The van der Waals surface area contributed by atoms with Crippen LogP contribution >= 0.6 is 27.5 Å². The molecule has 3 atom stereocenters. The molecule has 0 spiro atoms. The highest BCUT2D eigenvalue weighted by Gasteiger charge is 2.31. The van der Waals surface area contributed by atoms with E-state index in [0.29, 0.717) is 12.0 Å². The van der Waals surface area contributed by atoms with Gasteiger partial charge in [0.1, 0.15) is 11.2 Å². The normalized spacial score (nSPS) is 17.0. The first-order valence-corrected chi connectivity index (χ1v) is 8.35. The molecule has 0 aliphatic heterocycles. The van der Waals surface area contributed by atoms with Gasteiger partial charge in [0.2, 0.25) is 0 Å². The smallest absolute Gasteiger partial charge is 0.174 e. The summed E-state index contributed by atoms with van der Waals surface area (Å²) in [6, 6.07) is 0. The Labute approximate surface area is 140 Å². The highest BCUT2D eigenvalue weighted by Crippen LogP contribution is 2.27. The molecular formula is C16H24BrClO3. The lowest BCUT2D eigenvalue weighted by molar-refractivity contribution is -0.125. The van der Waals surface area contributed by atoms with Crippen LogP contribution in [0.4, 0.5) is 0 Å². The molecule has 0 amide bonds. The SMILES string of the molecule is CC/C(=C/C(=O)C(Cl)C(C)C(C)=O)C(Br)C(=O)C(C)(C)C. The molecule has 0 rings (SSSR count). The topological polar surface area (TPSA) is 51.2 Å². The number of hydrogen-bond donors (Lipinski definition) is 0. The molecular weight excluding hydrogens is 356 g/mol. The maximum atomic E-state index is 12.3. The zero-order valence-electron chi connectivity index (χ0n) is 13.5. The Balaban J connectivity index is 5.24. The predicted octanol–water partition coefficient (Wildman–Crippen LogP) is 4.10. The minimum absolute atomic E-state index is 0.00846. The number of carbonyl (C=O) groups is 3. The van der Waals surface area contributed by atoms with Crippen molar-refractivity contribution in [2.24, 2.45) is 11.3 Å². The second-order valence-corrected chi connectivity index (χ2v) is 7.64. The van der Waals surface area contributed by atoms with E-state index in [-0.39, 0.29) is 17.3 Å². The van der Waals surface area contributed by atoms with Gasteiger partial charge < -0.3 is 0 Å². The number of rotatable bonds is 7. The molecule has 0 heterocycles. The zero-order valence-corrected chi connectivity index (χ0v) is 15.8. The first-order chi connectivity index (χ1) is 9.43. The van der Waals surface area contributed by atoms with Crippen LogP contribution in [0.1, 0.15) is 48.0 Å². The quantitative estimate of drug-likeness (QED) is 0.494. The summed E-state index contributed by atoms with van der Waals surface area (Å²) < 4.78 is 0. The molecule has 0 N–H and O–H groups in total. The van der Waals surface area contributed by atoms with Crippen LogP contribution in [0, 0.1) is 11.3 Å². The summed E-state index contributed by atoms with van der Waals surface area (Å²) in [6.45, 7) is 10.4. The molecule has 0 bridgehead atoms. The average molecular weight is 380 g/mol. The van der Waals surface area contributed by atoms with E-state index in [1.165, 1.54) is 13.0 Å². The first-order valence-electron chi connectivity index (χ1n) is 7.00. The highest BCUT2D eigenvalue weighted by molar-refractivity contribution is 9.10. The van der Waals surface area contributed by atoms with Gasteiger partial charge in [0.15, 0.2) is 11.6 Å². The molecule has 3 unspecified atom stereocenters. The summed E-state index contributed by atoms with van der Waals surface area (Å²) in [5.74, 6) is -0.993. The molecule has 0 aromatic carbocycles. The predicted molar refractivity (Wildman–Crippen MR) is 90.0 cm³/mol. The maximum absolute atomic E-state index is 12.3. The van der Waals surface area contributed by atoms with Crippen molar-refractivity contribution in [3.8, 4) is 0 Å². The van der Waals surface area contributed by atoms with Crippen LogP contribution in [0.5, 0.6) is 0 Å². The van der Waals surface area contributed by atoms with Crippen molar-refractivity contribution in [1.29, 1.82) is 0 Å². The lowest BCUT2D eigenvalue weighted by atomic mass is 9.86. The number of hydrogen-bond acceptors (Lipinski definition) is 3. The summed E-state index contributed by atoms with van der Waals surface area (Å²) >= 11 is 9.41. The molecule has 0 saturated heterocycles. The van der Waals surface area contributed by atoms with Gasteiger partial charge in [-0.2, -0.15) is 0 Å². The van der Waals surface area contributed by atoms with Gasteiger partial charge >= 0.3 is 0 Å². The standard InChI is InChI=1S/C16H24BrClO3/c1-7-11(13(17)15(21)16(4,5)6)8-12(20)14(18)9(2)10(3)19/h8-9,13-14H,7H2,1-6H3/b11-8-. The van der Waals surface area contributed by atoms with Crippen molar-refractivity contribution < 1.29 is 14.4 Å². The van der Waals surface area contributed by atoms with Crippen LogP contribution in [-0.4, -0.2) is 27.6 Å². The summed E-state index contributed by atoms with van der Waals surface area (Å²) in [7, 11) is 0. The van der Waals surface area contributed by atoms with Crippen molar-refractivity contribution in [2.45, 2.75) is 58.2 Å². The van der Waals surface area contributed by atoms with E-state index in [4.69, 9.17) is 11.6 Å². The van der Waals surface area contributed by atoms with Gasteiger partial charge in [-0.05, 0) is 25.0 Å². The van der Waals surface area contributed by atoms with Crippen LogP contribution in [0.25, 0.3) is 0 Å². The van der Waals surface area contributed by atoms with Crippen molar-refractivity contribution >= 4 is 44.9 Å². The number of allylic oxidation sites excluding steroid dienone is 2. The Kier molecular flexibility index (Phi) is 8.04. The molecule has 5 heteroatoms. The van der Waals surface area contributed by atoms with E-state index in [0.717, 1.165) is 0 Å². The minimum atomic E-state index is -0.895. The van der Waals surface area contributed by atoms with Gasteiger partial charge in [0.05, 0.1) is 4.83 Å². The molecule has 0 aromatic rings. The number of Topliss-reactive ketones (excluding diaryl/α,β-unsaturated/α-hetero) is 2. The summed E-state index contributed by atoms with van der Waals surface area (Å²) in [5.41, 5.74) is 0.180. The number of halogens is 2. The van der Waals surface area contributed by atoms with Crippen molar-refractivity contribution in [3.63, 3.8) is 0 Å². The first kappa shape index (κ1) is 20.5. The van der Waals surface area contributed by atoms with Gasteiger partial charge in [-0.1, -0.05) is 50.5 Å². The Morgan fingerprint density at radius 1 is 1.24 bits per heavy atom. The van der Waals surface area contributed by atoms with E-state index in [9.17, 15) is 14.4 Å². The largest absolute Gasteiger partial charge is 0.300 e. The van der Waals surface area contributed by atoms with Gasteiger partial charge in [-0.25, -0.2) is 0 Å². The van der Waals surface area contributed by atoms with Gasteiger partial charge in [-0.3, -0.25) is 14.4 Å². The van der Waals surface area contributed by atoms with E-state index in [1.54, 1.807) is 6.92 Å². The third-order valence-corrected chi connectivity index (χ3v) is 4.98. The van der Waals surface area contributed by atoms with Crippen molar-refractivity contribution in [2.75, 3.05) is 0 Å². The van der Waals surface area contributed by atoms with Crippen molar-refractivity contribution in [1.82, 2.24) is 0 Å². The minimum Gasteiger partial charge on any atom is -0.300 e. The Morgan fingerprint density at radius 2 is 1.71 bits per heavy atom. The lowest BCUT2D eigenvalue weighted by Crippen LogP contribution is -2.31. The number of ketones is 3. The van der Waals surface area contributed by atoms with Crippen LogP contribution in [0.3, 0.4) is 0 Å². The Morgan fingerprint density at radius 3 is 2.05 bits per heavy atom. The second kappa shape index (κ2) is 8.23. The maximum Gasteiger partial charge on any atom is 0.174 e. The molecule has 0 aliphatic carbocycles. The molecule has 0 radical (unpaired) electrons. The third-order valence-electron chi connectivity index (χ3n) is 3.38. The van der Waals surface area contributed by atoms with Gasteiger partial charge in [0.25, 0.3) is 0 Å². The van der Waals surface area contributed by atoms with Crippen LogP contribution in [-0.2, 0) is 14.4 Å². The third kappa shape index (κ3) is 6.03. The average Bonchev–Trinajstić information content (AvgIpc) is 2.39. The van der Waals surface area contributed by atoms with Crippen LogP contribution in [0.2, 0.25) is 0 Å². The number of alkyl halides is 2.